The Balaban J connectivity index is 1.86. The van der Waals surface area contributed by atoms with Gasteiger partial charge in [0.1, 0.15) is 0 Å². The molecule has 0 aliphatic carbocycles. The maximum Gasteiger partial charge on any atom is 0.306 e. The molecule has 1 fully saturated rings. The van der Waals surface area contributed by atoms with E-state index in [0.29, 0.717) is 19.5 Å². The molecule has 8 heteroatoms. The van der Waals surface area contributed by atoms with Gasteiger partial charge < -0.3 is 10.1 Å². The van der Waals surface area contributed by atoms with Gasteiger partial charge in [-0.3, -0.25) is 9.59 Å². The van der Waals surface area contributed by atoms with Crippen LogP contribution in [0.5, 0.6) is 0 Å². The molecule has 0 spiro atoms. The monoisotopic (exact) mass is 410 g/mol. The Morgan fingerprint density at radius 2 is 1.71 bits per heavy atom. The minimum atomic E-state index is -3.43. The summed E-state index contributed by atoms with van der Waals surface area (Å²) in [6, 6.07) is 6.58. The van der Waals surface area contributed by atoms with Crippen molar-refractivity contribution in [2.75, 3.05) is 13.1 Å². The summed E-state index contributed by atoms with van der Waals surface area (Å²) in [6.07, 6.45) is 1.46. The number of benzene rings is 1. The van der Waals surface area contributed by atoms with Crippen LogP contribution < -0.4 is 5.32 Å². The number of hydrogen-bond donors (Lipinski definition) is 1. The fraction of sp³-hybridized carbons (Fsp3) is 0.600. The van der Waals surface area contributed by atoms with Gasteiger partial charge in [-0.2, -0.15) is 4.31 Å². The van der Waals surface area contributed by atoms with E-state index in [1.165, 1.54) is 11.2 Å². The molecule has 1 amide bonds. The van der Waals surface area contributed by atoms with Crippen molar-refractivity contribution in [3.8, 4) is 0 Å². The largest absolute Gasteiger partial charge is 0.453 e. The maximum absolute atomic E-state index is 12.5. The van der Waals surface area contributed by atoms with Crippen molar-refractivity contribution in [1.29, 1.82) is 0 Å². The lowest BCUT2D eigenvalue weighted by Crippen LogP contribution is -2.46. The van der Waals surface area contributed by atoms with E-state index in [0.717, 1.165) is 18.4 Å². The van der Waals surface area contributed by atoms with Crippen molar-refractivity contribution < 1.29 is 22.7 Å². The fourth-order valence-electron chi connectivity index (χ4n) is 2.93. The minimum absolute atomic E-state index is 0.116. The van der Waals surface area contributed by atoms with E-state index < -0.39 is 27.6 Å². The highest BCUT2D eigenvalue weighted by atomic mass is 32.2. The van der Waals surface area contributed by atoms with Crippen molar-refractivity contribution in [3.63, 3.8) is 0 Å². The van der Waals surface area contributed by atoms with Crippen LogP contribution in [0, 0.1) is 0 Å². The number of sulfonamides is 1. The number of esters is 1. The molecular weight excluding hydrogens is 380 g/mol. The van der Waals surface area contributed by atoms with E-state index in [2.05, 4.69) is 5.32 Å². The summed E-state index contributed by atoms with van der Waals surface area (Å²) in [5, 5.41) is 2.76. The molecule has 1 aliphatic rings. The van der Waals surface area contributed by atoms with Crippen molar-refractivity contribution in [1.82, 2.24) is 9.62 Å². The highest BCUT2D eigenvalue weighted by Gasteiger charge is 2.27. The number of rotatable bonds is 7. The van der Waals surface area contributed by atoms with Crippen LogP contribution in [0.3, 0.4) is 0 Å². The first-order valence-corrected chi connectivity index (χ1v) is 11.0. The Hall–Kier alpha value is -1.93. The van der Waals surface area contributed by atoms with E-state index in [9.17, 15) is 18.0 Å². The molecule has 28 heavy (non-hydrogen) atoms. The van der Waals surface area contributed by atoms with Gasteiger partial charge >= 0.3 is 5.97 Å². The van der Waals surface area contributed by atoms with Gasteiger partial charge in [0.25, 0.3) is 5.91 Å². The van der Waals surface area contributed by atoms with E-state index in [4.69, 9.17) is 4.74 Å². The molecule has 0 aromatic heterocycles. The molecule has 0 saturated carbocycles. The molecule has 156 valence electrons. The van der Waals surface area contributed by atoms with Crippen molar-refractivity contribution in [2.45, 2.75) is 69.9 Å². The van der Waals surface area contributed by atoms with Gasteiger partial charge in [0.15, 0.2) is 6.10 Å². The molecule has 2 rings (SSSR count). The second-order valence-corrected chi connectivity index (χ2v) is 10.1. The molecule has 7 nitrogen and oxygen atoms in total. The van der Waals surface area contributed by atoms with Gasteiger partial charge in [-0.05, 0) is 64.7 Å². The first-order chi connectivity index (χ1) is 13.0. The van der Waals surface area contributed by atoms with Crippen LogP contribution in [-0.2, 0) is 30.8 Å². The quantitative estimate of drug-likeness (QED) is 0.696. The SMILES string of the molecule is CC(OC(=O)CCc1ccc(S(=O)(=O)N2CCCC2)cc1)C(=O)NC(C)(C)C. The fourth-order valence-corrected chi connectivity index (χ4v) is 4.45. The number of hydrogen-bond acceptors (Lipinski definition) is 5. The maximum atomic E-state index is 12.5. The van der Waals surface area contributed by atoms with Gasteiger partial charge in [-0.25, -0.2) is 8.42 Å². The average molecular weight is 411 g/mol. The normalized spacial score (nSPS) is 16.6. The van der Waals surface area contributed by atoms with Crippen LogP contribution in [-0.4, -0.2) is 49.3 Å². The molecule has 1 atom stereocenters. The van der Waals surface area contributed by atoms with Gasteiger partial charge in [-0.15, -0.1) is 0 Å². The number of carbonyl (C=O) groups is 2. The van der Waals surface area contributed by atoms with E-state index in [-0.39, 0.29) is 17.2 Å². The predicted molar refractivity (Wildman–Crippen MR) is 106 cm³/mol. The number of ether oxygens (including phenoxy) is 1. The Bertz CT molecular complexity index is 791. The second-order valence-electron chi connectivity index (χ2n) is 8.13. The molecular formula is C20H30N2O5S. The highest BCUT2D eigenvalue weighted by molar-refractivity contribution is 7.89. The van der Waals surface area contributed by atoms with Crippen LogP contribution in [0.15, 0.2) is 29.2 Å². The molecule has 1 saturated heterocycles. The summed E-state index contributed by atoms with van der Waals surface area (Å²) in [4.78, 5) is 24.2. The molecule has 1 aromatic carbocycles. The summed E-state index contributed by atoms with van der Waals surface area (Å²) in [5.41, 5.74) is 0.443. The number of nitrogens with one attached hydrogen (secondary N) is 1. The lowest BCUT2D eigenvalue weighted by atomic mass is 10.1. The Morgan fingerprint density at radius 3 is 2.25 bits per heavy atom. The molecule has 1 aromatic rings. The topological polar surface area (TPSA) is 92.8 Å². The smallest absolute Gasteiger partial charge is 0.306 e. The second kappa shape index (κ2) is 9.05. The molecule has 1 unspecified atom stereocenters. The van der Waals surface area contributed by atoms with Gasteiger partial charge in [-0.1, -0.05) is 12.1 Å². The third kappa shape index (κ3) is 6.31. The lowest BCUT2D eigenvalue weighted by molar-refractivity contribution is -0.155. The predicted octanol–water partition coefficient (Wildman–Crippen LogP) is 2.25. The van der Waals surface area contributed by atoms with E-state index >= 15 is 0 Å². The van der Waals surface area contributed by atoms with Gasteiger partial charge in [0.05, 0.1) is 4.90 Å². The number of amides is 1. The zero-order valence-electron chi connectivity index (χ0n) is 17.0. The molecule has 0 radical (unpaired) electrons. The van der Waals surface area contributed by atoms with Crippen LogP contribution in [0.25, 0.3) is 0 Å². The van der Waals surface area contributed by atoms with Crippen LogP contribution in [0.4, 0.5) is 0 Å². The Labute approximate surface area is 167 Å². The number of carbonyl (C=O) groups excluding carboxylic acids is 2. The standard InChI is InChI=1S/C20H30N2O5S/c1-15(19(24)21-20(2,3)4)27-18(23)12-9-16-7-10-17(11-8-16)28(25,26)22-13-5-6-14-22/h7-8,10-11,15H,5-6,9,12-14H2,1-4H3,(H,21,24). The van der Waals surface area contributed by atoms with E-state index in [1.807, 2.05) is 20.8 Å². The van der Waals surface area contributed by atoms with Crippen LogP contribution in [0.2, 0.25) is 0 Å². The summed E-state index contributed by atoms with van der Waals surface area (Å²) < 4.78 is 31.7. The van der Waals surface area contributed by atoms with Crippen molar-refractivity contribution in [2.24, 2.45) is 0 Å². The zero-order chi connectivity index (χ0) is 20.9. The Kier molecular flexibility index (Phi) is 7.22. The Morgan fingerprint density at radius 1 is 1.14 bits per heavy atom. The summed E-state index contributed by atoms with van der Waals surface area (Å²) >= 11 is 0. The van der Waals surface area contributed by atoms with Gasteiger partial charge in [0.2, 0.25) is 10.0 Å². The first-order valence-electron chi connectivity index (χ1n) is 9.60. The van der Waals surface area contributed by atoms with Gasteiger partial charge in [0, 0.05) is 25.0 Å². The number of nitrogens with zero attached hydrogens (tertiary/aromatic N) is 1. The molecule has 1 N–H and O–H groups in total. The van der Waals surface area contributed by atoms with E-state index in [1.54, 1.807) is 24.3 Å². The highest BCUT2D eigenvalue weighted by Crippen LogP contribution is 2.21. The summed E-state index contributed by atoms with van der Waals surface area (Å²) in [7, 11) is -3.43. The van der Waals surface area contributed by atoms with Crippen molar-refractivity contribution >= 4 is 21.9 Å². The third-order valence-corrected chi connectivity index (χ3v) is 6.33. The first kappa shape index (κ1) is 22.4. The third-order valence-electron chi connectivity index (χ3n) is 4.42. The molecule has 1 heterocycles. The number of aryl methyl sites for hydroxylation is 1. The lowest BCUT2D eigenvalue weighted by Gasteiger charge is -2.23. The molecule has 1 aliphatic heterocycles. The zero-order valence-corrected chi connectivity index (χ0v) is 17.8. The van der Waals surface area contributed by atoms with Crippen molar-refractivity contribution in [3.05, 3.63) is 29.8 Å². The van der Waals surface area contributed by atoms with Crippen LogP contribution in [0.1, 0.15) is 52.5 Å². The minimum Gasteiger partial charge on any atom is -0.453 e. The summed E-state index contributed by atoms with van der Waals surface area (Å²) in [5.74, 6) is -0.803. The molecule has 0 bridgehead atoms. The average Bonchev–Trinajstić information content (AvgIpc) is 3.14. The summed E-state index contributed by atoms with van der Waals surface area (Å²) in [6.45, 7) is 8.23. The van der Waals surface area contributed by atoms with Crippen LogP contribution >= 0.6 is 0 Å².